The predicted octanol–water partition coefficient (Wildman–Crippen LogP) is 18.0. The molecule has 9 aromatic rings. The van der Waals surface area contributed by atoms with Gasteiger partial charge in [0.05, 0.1) is 36.5 Å². The number of ketones is 1. The number of aliphatic hydroxyl groups is 3. The van der Waals surface area contributed by atoms with Crippen LogP contribution in [-0.2, 0) is 31.7 Å². The molecule has 0 unspecified atom stereocenters. The molecule has 0 saturated heterocycles. The Morgan fingerprint density at radius 2 is 0.873 bits per heavy atom. The van der Waals surface area contributed by atoms with Crippen LogP contribution < -0.4 is 32.6 Å². The number of rotatable bonds is 13. The molecule has 7 N–H and O–H groups in total. The molecule has 0 aromatic heterocycles. The first-order valence-electron chi connectivity index (χ1n) is 32.3. The van der Waals surface area contributed by atoms with E-state index in [1.807, 2.05) is 146 Å². The average molecular weight is 1740 g/mol. The summed E-state index contributed by atoms with van der Waals surface area (Å²) in [6.07, 6.45) is 0. The van der Waals surface area contributed by atoms with Gasteiger partial charge in [-0.05, 0) is 193 Å². The zero-order valence-corrected chi connectivity index (χ0v) is 69.4. The molecule has 0 bridgehead atoms. The standard InChI is InChI=1S/C19H18BrP.C10H12BN3O2.C10H14BNO2.C10H12BrN3O.C10H13BrO2.C10H11Br.C9H9BrO.ClH/c1-21(20,17-11-5-2-6-12-17,18-13-7-3-8-14-18)19-15-9-4-10-16-19;1-7-4-3-5-8-9(7)11(15)16-10(8,2)6-13-14-12;1-7-4-3-5-8-9(7)11(13)14-10(8,2)6-12;1-7-4-3-5-8(9(7)11)10(2,15)6-13-14-12;1-7-4-3-5-8(9(7)11)10(2,13)6-12;1-7(2)9-6-4-5-8(3)10(9)11;1-6-4-3-5-8(7(2)11)9(6)10;/h2-16H,1H3;3-5,15H,6H2,1-2H3;3-5,13H,6,12H2,1-2H3;3-5,15H,6H2,1-2H3;3-5,12-13H,6H2,1-2H3;4-6H,1H2,2-3H3;3-5H,1-2H3;1H/t;4*10-;;;/m.1111.../s1. The molecule has 0 spiro atoms. The van der Waals surface area contributed by atoms with Crippen LogP contribution in [-0.4, -0.2) is 78.3 Å². The number of Topliss-reactive ketones (excluding diaryl/α,β-unsaturated/α-hetero) is 1. The maximum absolute atomic E-state index is 11.0. The summed E-state index contributed by atoms with van der Waals surface area (Å²) >= 11 is 17.9. The van der Waals surface area contributed by atoms with Crippen molar-refractivity contribution < 1.29 is 39.5 Å². The van der Waals surface area contributed by atoms with Crippen LogP contribution >= 0.6 is 96.9 Å². The molecule has 11 rings (SSSR count). The number of aliphatic hydroxyl groups excluding tert-OH is 1. The van der Waals surface area contributed by atoms with Crippen LogP contribution in [0.4, 0.5) is 0 Å². The van der Waals surface area contributed by atoms with Crippen molar-refractivity contribution in [1.82, 2.24) is 0 Å². The smallest absolute Gasteiger partial charge is 0.423 e. The Morgan fingerprint density at radius 1 is 0.539 bits per heavy atom. The Balaban J connectivity index is 0.000000255. The summed E-state index contributed by atoms with van der Waals surface area (Å²) in [5.74, 6) is 0.0978. The van der Waals surface area contributed by atoms with Gasteiger partial charge in [-0.2, -0.15) is 0 Å². The molecule has 538 valence electrons. The van der Waals surface area contributed by atoms with Gasteiger partial charge in [0, 0.05) is 39.8 Å². The maximum Gasteiger partial charge on any atom is 0.492 e. The van der Waals surface area contributed by atoms with Crippen molar-refractivity contribution in [2.75, 3.05) is 32.9 Å². The predicted molar refractivity (Wildman–Crippen MR) is 445 cm³/mol. The maximum atomic E-state index is 11.0. The molecular weight excluding hydrogens is 1650 g/mol. The molecule has 0 amide bonds. The molecule has 24 heteroatoms. The number of allylic oxidation sites excluding steroid dienone is 1. The van der Waals surface area contributed by atoms with Crippen molar-refractivity contribution in [3.8, 4) is 0 Å². The first-order chi connectivity index (χ1) is 47.5. The van der Waals surface area contributed by atoms with Crippen molar-refractivity contribution in [2.24, 2.45) is 16.0 Å². The summed E-state index contributed by atoms with van der Waals surface area (Å²) in [5.41, 5.74) is 33.2. The summed E-state index contributed by atoms with van der Waals surface area (Å²) in [7, 11) is -1.77. The van der Waals surface area contributed by atoms with Crippen LogP contribution in [0.5, 0.6) is 0 Å². The van der Waals surface area contributed by atoms with Gasteiger partial charge >= 0.3 is 149 Å². The van der Waals surface area contributed by atoms with Gasteiger partial charge in [-0.25, -0.2) is 0 Å². The third-order valence-corrected chi connectivity index (χ3v) is 30.0. The van der Waals surface area contributed by atoms with Gasteiger partial charge < -0.3 is 40.4 Å². The Labute approximate surface area is 650 Å². The van der Waals surface area contributed by atoms with Gasteiger partial charge in [-0.3, -0.25) is 4.79 Å². The van der Waals surface area contributed by atoms with Crippen LogP contribution in [0.25, 0.3) is 26.5 Å². The second-order valence-corrected chi connectivity index (χ2v) is 38.6. The topological polar surface area (TPSA) is 260 Å². The average Bonchev–Trinajstić information content (AvgIpc) is 1.06. The second-order valence-electron chi connectivity index (χ2n) is 25.7. The largest absolute Gasteiger partial charge is 0.492 e. The molecule has 102 heavy (non-hydrogen) atoms. The van der Waals surface area contributed by atoms with E-state index < -0.39 is 41.9 Å². The summed E-state index contributed by atoms with van der Waals surface area (Å²) in [6.45, 7) is 28.9. The van der Waals surface area contributed by atoms with Crippen LogP contribution in [0.15, 0.2) is 235 Å². The molecule has 0 fully saturated rings. The van der Waals surface area contributed by atoms with Gasteiger partial charge in [-0.1, -0.05) is 169 Å². The molecule has 15 nitrogen and oxygen atoms in total. The number of nitrogens with two attached hydrogens (primary N) is 1. The first-order valence-corrected chi connectivity index (χ1v) is 40.2. The van der Waals surface area contributed by atoms with Crippen molar-refractivity contribution in [1.29, 1.82) is 0 Å². The van der Waals surface area contributed by atoms with Crippen LogP contribution in [0, 0.1) is 41.5 Å². The van der Waals surface area contributed by atoms with Gasteiger partial charge in [0.1, 0.15) is 5.60 Å². The Hall–Kier alpha value is -6.06. The molecule has 0 saturated carbocycles. The molecule has 0 radical (unpaired) electrons. The van der Waals surface area contributed by atoms with E-state index in [9.17, 15) is 25.1 Å². The monoisotopic (exact) mass is 1740 g/mol. The number of aryl methyl sites for hydroxylation is 6. The number of hydrogen-bond acceptors (Lipinski definition) is 11. The minimum absolute atomic E-state index is 0. The van der Waals surface area contributed by atoms with Crippen molar-refractivity contribution in [3.05, 3.63) is 312 Å². The Bertz CT molecular complexity index is 4260. The van der Waals surface area contributed by atoms with E-state index >= 15 is 0 Å². The molecule has 2 heterocycles. The minimum atomic E-state index is -2.56. The minimum Gasteiger partial charge on any atom is -0.423 e. The second kappa shape index (κ2) is 39.3. The normalized spacial score (nSPS) is 15.9. The fourth-order valence-electron chi connectivity index (χ4n) is 11.3. The number of nitrogens with zero attached hydrogens (tertiary/aromatic N) is 6. The van der Waals surface area contributed by atoms with Crippen molar-refractivity contribution in [2.45, 2.75) is 105 Å². The van der Waals surface area contributed by atoms with Gasteiger partial charge in [0.15, 0.2) is 5.78 Å². The van der Waals surface area contributed by atoms with Crippen LogP contribution in [0.1, 0.15) is 113 Å². The van der Waals surface area contributed by atoms with E-state index in [0.29, 0.717) is 6.54 Å². The van der Waals surface area contributed by atoms with E-state index in [1.165, 1.54) is 27.0 Å². The van der Waals surface area contributed by atoms with E-state index in [1.54, 1.807) is 26.8 Å². The fourth-order valence-corrected chi connectivity index (χ4v) is 19.5. The zero-order chi connectivity index (χ0) is 75.3. The third kappa shape index (κ3) is 22.0. The van der Waals surface area contributed by atoms with Gasteiger partial charge in [0.25, 0.3) is 0 Å². The number of carbonyl (C=O) groups is 1. The first kappa shape index (κ1) is 88.3. The quantitative estimate of drug-likeness (QED) is 0.0160. The van der Waals surface area contributed by atoms with Crippen LogP contribution in [0.2, 0.25) is 0 Å². The van der Waals surface area contributed by atoms with E-state index in [2.05, 4.69) is 223 Å². The Kier molecular flexibility index (Phi) is 34.1. The molecule has 4 atom stereocenters. The van der Waals surface area contributed by atoms with E-state index in [4.69, 9.17) is 31.2 Å². The third-order valence-electron chi connectivity index (χ3n) is 17.5. The summed E-state index contributed by atoms with van der Waals surface area (Å²) in [4.78, 5) is 16.4. The van der Waals surface area contributed by atoms with Crippen LogP contribution in [0.3, 0.4) is 0 Å². The fraction of sp³-hybridized carbons (Fsp3) is 0.269. The number of halogens is 6. The van der Waals surface area contributed by atoms with Gasteiger partial charge in [-0.15, -0.1) is 12.4 Å². The summed E-state index contributed by atoms with van der Waals surface area (Å²) in [5, 5.41) is 56.9. The molecule has 0 aliphatic carbocycles. The molecular formula is C78H90B2Br5ClN7O8P. The number of benzene rings is 9. The van der Waals surface area contributed by atoms with Gasteiger partial charge in [0.2, 0.25) is 0 Å². The Morgan fingerprint density at radius 3 is 1.23 bits per heavy atom. The van der Waals surface area contributed by atoms with E-state index in [0.717, 1.165) is 90.0 Å². The number of carbonyl (C=O) groups excluding carboxylic acids is 1. The number of fused-ring (bicyclic) bond motifs is 2. The zero-order valence-electron chi connectivity index (χ0n) is 59.7. The summed E-state index contributed by atoms with van der Waals surface area (Å²) < 4.78 is 14.7. The number of azide groups is 2. The molecule has 9 aromatic carbocycles. The molecule has 2 aliphatic heterocycles. The number of hydrogen-bond donors (Lipinski definition) is 6. The van der Waals surface area contributed by atoms with Crippen molar-refractivity contribution in [3.63, 3.8) is 0 Å². The SMILES string of the molecule is C=C(C)c1cccc(C)c1Br.CC(=O)c1cccc(C)c1Br.CP(Br)(c1ccccc1)(c1ccccc1)c1ccccc1.Cc1cccc([C@](C)(O)CN=[N+]=[N-])c1Br.Cc1cccc([C@](C)(O)CO)c1Br.Cc1cccc2c1B(O)O[C@]2(C)CN.Cc1cccc2c1B(O)O[C@]2(C)CN=[N+]=[N-].Cl. The van der Waals surface area contributed by atoms with Crippen molar-refractivity contribution >= 4 is 149 Å². The van der Waals surface area contributed by atoms with E-state index in [-0.39, 0.29) is 37.9 Å². The summed E-state index contributed by atoms with van der Waals surface area (Å²) in [6, 6.07) is 67.0. The molecule has 2 aliphatic rings.